The van der Waals surface area contributed by atoms with Crippen molar-refractivity contribution in [2.45, 2.75) is 38.4 Å². The van der Waals surface area contributed by atoms with Gasteiger partial charge >= 0.3 is 12.1 Å². The number of methoxy groups -OCH3 is 1. The SMILES string of the molecule is CCCCOC(=O)N1CCC[C@@]1(F)C(=O)OC. The van der Waals surface area contributed by atoms with Crippen molar-refractivity contribution in [1.29, 1.82) is 0 Å². The van der Waals surface area contributed by atoms with Crippen LogP contribution in [0.5, 0.6) is 0 Å². The molecule has 0 saturated carbocycles. The average Bonchev–Trinajstić information content (AvgIpc) is 2.71. The number of hydrogen-bond acceptors (Lipinski definition) is 4. The number of esters is 1. The highest BCUT2D eigenvalue weighted by Gasteiger charge is 2.52. The molecule has 1 saturated heterocycles. The van der Waals surface area contributed by atoms with Crippen molar-refractivity contribution in [3.05, 3.63) is 0 Å². The van der Waals surface area contributed by atoms with Gasteiger partial charge in [-0.15, -0.1) is 0 Å². The van der Waals surface area contributed by atoms with E-state index in [4.69, 9.17) is 4.74 Å². The van der Waals surface area contributed by atoms with Gasteiger partial charge < -0.3 is 9.47 Å². The van der Waals surface area contributed by atoms with Crippen LogP contribution in [-0.2, 0) is 14.3 Å². The van der Waals surface area contributed by atoms with Gasteiger partial charge in [0.25, 0.3) is 5.79 Å². The molecule has 1 atom stereocenters. The third kappa shape index (κ3) is 2.87. The third-order valence-electron chi connectivity index (χ3n) is 2.76. The topological polar surface area (TPSA) is 55.8 Å². The minimum Gasteiger partial charge on any atom is -0.465 e. The van der Waals surface area contributed by atoms with Crippen LogP contribution in [0.3, 0.4) is 0 Å². The predicted molar refractivity (Wildman–Crippen MR) is 58.1 cm³/mol. The van der Waals surface area contributed by atoms with Crippen LogP contribution in [0.15, 0.2) is 0 Å². The number of nitrogens with zero attached hydrogens (tertiary/aromatic N) is 1. The fourth-order valence-electron chi connectivity index (χ4n) is 1.77. The van der Waals surface area contributed by atoms with Gasteiger partial charge in [-0.1, -0.05) is 13.3 Å². The van der Waals surface area contributed by atoms with E-state index < -0.39 is 17.9 Å². The molecule has 0 aromatic heterocycles. The number of rotatable bonds is 4. The highest BCUT2D eigenvalue weighted by molar-refractivity contribution is 5.84. The molecule has 1 fully saturated rings. The maximum absolute atomic E-state index is 14.3. The zero-order valence-electron chi connectivity index (χ0n) is 10.2. The van der Waals surface area contributed by atoms with Crippen LogP contribution in [0.2, 0.25) is 0 Å². The second kappa shape index (κ2) is 5.84. The first-order chi connectivity index (χ1) is 8.06. The Balaban J connectivity index is 2.62. The molecule has 0 aliphatic carbocycles. The molecule has 0 aromatic carbocycles. The molecule has 1 aliphatic heterocycles. The van der Waals surface area contributed by atoms with Crippen LogP contribution in [0.4, 0.5) is 9.18 Å². The normalized spacial score (nSPS) is 23.6. The third-order valence-corrected chi connectivity index (χ3v) is 2.76. The number of alkyl halides is 1. The molecular weight excluding hydrogens is 229 g/mol. The smallest absolute Gasteiger partial charge is 0.412 e. The molecule has 98 valence electrons. The highest BCUT2D eigenvalue weighted by atomic mass is 19.1. The zero-order chi connectivity index (χ0) is 12.9. The van der Waals surface area contributed by atoms with Crippen molar-refractivity contribution in [3.63, 3.8) is 0 Å². The van der Waals surface area contributed by atoms with Crippen molar-refractivity contribution in [2.24, 2.45) is 0 Å². The molecular formula is C11H18FNO4. The van der Waals surface area contributed by atoms with Crippen molar-refractivity contribution < 1.29 is 23.5 Å². The van der Waals surface area contributed by atoms with Gasteiger partial charge in [0.15, 0.2) is 0 Å². The Bertz CT molecular complexity index is 297. The minimum atomic E-state index is -2.36. The number of likely N-dealkylation sites (tertiary alicyclic amines) is 1. The van der Waals surface area contributed by atoms with Gasteiger partial charge in [-0.05, 0) is 12.8 Å². The lowest BCUT2D eigenvalue weighted by atomic mass is 10.2. The van der Waals surface area contributed by atoms with Crippen LogP contribution in [-0.4, -0.2) is 43.0 Å². The summed E-state index contributed by atoms with van der Waals surface area (Å²) in [6, 6.07) is 0. The number of carbonyl (C=O) groups is 2. The lowest BCUT2D eigenvalue weighted by molar-refractivity contribution is -0.164. The zero-order valence-corrected chi connectivity index (χ0v) is 10.2. The van der Waals surface area contributed by atoms with Crippen molar-refractivity contribution in [2.75, 3.05) is 20.3 Å². The van der Waals surface area contributed by atoms with Crippen LogP contribution in [0.25, 0.3) is 0 Å². The largest absolute Gasteiger partial charge is 0.465 e. The van der Waals surface area contributed by atoms with Gasteiger partial charge in [0.2, 0.25) is 0 Å². The molecule has 0 unspecified atom stereocenters. The molecule has 0 N–H and O–H groups in total. The Morgan fingerprint density at radius 2 is 2.18 bits per heavy atom. The molecule has 0 radical (unpaired) electrons. The van der Waals surface area contributed by atoms with Crippen molar-refractivity contribution in [3.8, 4) is 0 Å². The number of amides is 1. The van der Waals surface area contributed by atoms with Gasteiger partial charge in [-0.25, -0.2) is 14.0 Å². The van der Waals surface area contributed by atoms with Crippen LogP contribution in [0, 0.1) is 0 Å². The molecule has 0 bridgehead atoms. The van der Waals surface area contributed by atoms with Gasteiger partial charge in [-0.2, -0.15) is 0 Å². The first-order valence-electron chi connectivity index (χ1n) is 5.78. The molecule has 17 heavy (non-hydrogen) atoms. The Labute approximate surface area is 99.9 Å². The Hall–Kier alpha value is -1.33. The monoisotopic (exact) mass is 247 g/mol. The van der Waals surface area contributed by atoms with Gasteiger partial charge in [0.05, 0.1) is 13.7 Å². The van der Waals surface area contributed by atoms with Gasteiger partial charge in [0, 0.05) is 13.0 Å². The van der Waals surface area contributed by atoms with E-state index in [1.165, 1.54) is 0 Å². The van der Waals surface area contributed by atoms with Crippen LogP contribution >= 0.6 is 0 Å². The predicted octanol–water partition coefficient (Wildman–Crippen LogP) is 1.86. The number of hydrogen-bond donors (Lipinski definition) is 0. The molecule has 1 heterocycles. The van der Waals surface area contributed by atoms with Crippen LogP contribution in [0.1, 0.15) is 32.6 Å². The molecule has 1 aliphatic rings. The van der Waals surface area contributed by atoms with E-state index in [-0.39, 0.29) is 19.6 Å². The summed E-state index contributed by atoms with van der Waals surface area (Å²) in [5.41, 5.74) is 0. The molecule has 0 spiro atoms. The second-order valence-electron chi connectivity index (χ2n) is 3.97. The summed E-state index contributed by atoms with van der Waals surface area (Å²) in [4.78, 5) is 23.8. The number of unbranched alkanes of at least 4 members (excludes halogenated alkanes) is 1. The Kier molecular flexibility index (Phi) is 4.72. The van der Waals surface area contributed by atoms with Crippen molar-refractivity contribution >= 4 is 12.1 Å². The van der Waals surface area contributed by atoms with Gasteiger partial charge in [0.1, 0.15) is 0 Å². The number of halogens is 1. The summed E-state index contributed by atoms with van der Waals surface area (Å²) in [6.45, 7) is 2.37. The Morgan fingerprint density at radius 3 is 2.76 bits per heavy atom. The van der Waals surface area contributed by atoms with E-state index in [1.807, 2.05) is 6.92 Å². The maximum atomic E-state index is 14.3. The minimum absolute atomic E-state index is 0.0391. The van der Waals surface area contributed by atoms with E-state index in [1.54, 1.807) is 0 Å². The fourth-order valence-corrected chi connectivity index (χ4v) is 1.77. The van der Waals surface area contributed by atoms with E-state index >= 15 is 0 Å². The highest BCUT2D eigenvalue weighted by Crippen LogP contribution is 2.32. The van der Waals surface area contributed by atoms with Crippen molar-refractivity contribution in [1.82, 2.24) is 4.90 Å². The molecule has 1 amide bonds. The van der Waals surface area contributed by atoms with Gasteiger partial charge in [-0.3, -0.25) is 4.90 Å². The number of carbonyl (C=O) groups excluding carboxylic acids is 2. The maximum Gasteiger partial charge on any atom is 0.412 e. The second-order valence-corrected chi connectivity index (χ2v) is 3.97. The molecule has 1 rings (SSSR count). The molecule has 6 heteroatoms. The van der Waals surface area contributed by atoms with E-state index in [2.05, 4.69) is 4.74 Å². The fraction of sp³-hybridized carbons (Fsp3) is 0.818. The average molecular weight is 247 g/mol. The quantitative estimate of drug-likeness (QED) is 0.432. The van der Waals surface area contributed by atoms with E-state index in [0.29, 0.717) is 6.42 Å². The first-order valence-corrected chi connectivity index (χ1v) is 5.78. The summed E-state index contributed by atoms with van der Waals surface area (Å²) < 4.78 is 23.6. The summed E-state index contributed by atoms with van der Waals surface area (Å²) in [5, 5.41) is 0. The van der Waals surface area contributed by atoms with E-state index in [0.717, 1.165) is 24.9 Å². The lowest BCUT2D eigenvalue weighted by Crippen LogP contribution is -2.50. The van der Waals surface area contributed by atoms with Crippen LogP contribution < -0.4 is 0 Å². The summed E-state index contributed by atoms with van der Waals surface area (Å²) in [6.07, 6.45) is 1.20. The Morgan fingerprint density at radius 1 is 1.47 bits per heavy atom. The molecule has 0 aromatic rings. The summed E-state index contributed by atoms with van der Waals surface area (Å²) in [5.74, 6) is -3.40. The number of ether oxygens (including phenoxy) is 2. The van der Waals surface area contributed by atoms with E-state index in [9.17, 15) is 14.0 Å². The summed E-state index contributed by atoms with van der Waals surface area (Å²) >= 11 is 0. The first kappa shape index (κ1) is 13.7. The summed E-state index contributed by atoms with van der Waals surface area (Å²) in [7, 11) is 1.10. The standard InChI is InChI=1S/C11H18FNO4/c1-3-4-8-17-10(15)13-7-5-6-11(13,12)9(14)16-2/h3-8H2,1-2H3/t11-/m0/s1. The molecule has 5 nitrogen and oxygen atoms in total. The lowest BCUT2D eigenvalue weighted by Gasteiger charge is -2.27.